The summed E-state index contributed by atoms with van der Waals surface area (Å²) in [7, 11) is 0. The molecule has 1 aliphatic carbocycles. The Morgan fingerprint density at radius 3 is 2.88 bits per heavy atom. The minimum Gasteiger partial charge on any atom is -0.493 e. The van der Waals surface area contributed by atoms with Gasteiger partial charge in [0, 0.05) is 21.6 Å². The third kappa shape index (κ3) is 1.39. The summed E-state index contributed by atoms with van der Waals surface area (Å²) >= 11 is 6.11. The first-order chi connectivity index (χ1) is 7.75. The van der Waals surface area contributed by atoms with Crippen LogP contribution in [0.3, 0.4) is 0 Å². The van der Waals surface area contributed by atoms with Crippen LogP contribution in [-0.4, -0.2) is 6.61 Å². The van der Waals surface area contributed by atoms with Gasteiger partial charge in [-0.15, -0.1) is 0 Å². The van der Waals surface area contributed by atoms with Crippen LogP contribution in [-0.2, 0) is 11.8 Å². The fourth-order valence-corrected chi connectivity index (χ4v) is 2.83. The molecule has 1 saturated carbocycles. The number of nitriles is 1. The third-order valence-corrected chi connectivity index (χ3v) is 3.87. The van der Waals surface area contributed by atoms with Crippen molar-refractivity contribution < 1.29 is 4.74 Å². The zero-order chi connectivity index (χ0) is 11.2. The Kier molecular flexibility index (Phi) is 2.12. The lowest BCUT2D eigenvalue weighted by Crippen LogP contribution is -2.20. The molecule has 2 aliphatic rings. The van der Waals surface area contributed by atoms with Crippen molar-refractivity contribution in [3.63, 3.8) is 0 Å². The lowest BCUT2D eigenvalue weighted by molar-refractivity contribution is 0.258. The predicted molar refractivity (Wildman–Crippen MR) is 61.8 cm³/mol. The van der Waals surface area contributed by atoms with Gasteiger partial charge in [-0.05, 0) is 31.4 Å². The molecular weight excluding hydrogens is 222 g/mol. The average molecular weight is 234 g/mol. The van der Waals surface area contributed by atoms with Crippen LogP contribution in [0, 0.1) is 11.3 Å². The standard InChI is InChI=1S/C13H12ClNO/c14-10-7-9(1-5-15)12-11(8-10)13(2-3-13)4-6-16-12/h7-8H,1-4,6H2. The fraction of sp³-hybridized carbons (Fsp3) is 0.462. The van der Waals surface area contributed by atoms with Crippen molar-refractivity contribution in [3.05, 3.63) is 28.3 Å². The highest BCUT2D eigenvalue weighted by molar-refractivity contribution is 6.30. The number of rotatable bonds is 1. The van der Waals surface area contributed by atoms with Gasteiger partial charge in [-0.1, -0.05) is 11.6 Å². The Bertz CT molecular complexity index is 485. The van der Waals surface area contributed by atoms with Crippen LogP contribution in [0.4, 0.5) is 0 Å². The molecule has 16 heavy (non-hydrogen) atoms. The summed E-state index contributed by atoms with van der Waals surface area (Å²) in [5, 5.41) is 9.53. The van der Waals surface area contributed by atoms with E-state index in [4.69, 9.17) is 21.6 Å². The molecule has 2 nitrogen and oxygen atoms in total. The minimum absolute atomic E-state index is 0.322. The van der Waals surface area contributed by atoms with E-state index in [9.17, 15) is 0 Å². The van der Waals surface area contributed by atoms with Gasteiger partial charge in [0.1, 0.15) is 5.75 Å². The maximum atomic E-state index is 8.81. The molecule has 0 atom stereocenters. The van der Waals surface area contributed by atoms with E-state index in [1.807, 2.05) is 12.1 Å². The number of benzene rings is 1. The summed E-state index contributed by atoms with van der Waals surface area (Å²) in [5.41, 5.74) is 2.50. The number of hydrogen-bond acceptors (Lipinski definition) is 2. The molecule has 3 rings (SSSR count). The van der Waals surface area contributed by atoms with E-state index >= 15 is 0 Å². The average Bonchev–Trinajstić information content (AvgIpc) is 3.01. The van der Waals surface area contributed by atoms with Gasteiger partial charge in [-0.3, -0.25) is 0 Å². The molecule has 0 aromatic heterocycles. The monoisotopic (exact) mass is 233 g/mol. The van der Waals surface area contributed by atoms with E-state index in [1.54, 1.807) is 0 Å². The van der Waals surface area contributed by atoms with Crippen molar-refractivity contribution in [2.24, 2.45) is 0 Å². The van der Waals surface area contributed by atoms with Gasteiger partial charge in [0.15, 0.2) is 0 Å². The highest BCUT2D eigenvalue weighted by atomic mass is 35.5. The maximum absolute atomic E-state index is 8.81. The first-order valence-electron chi connectivity index (χ1n) is 5.58. The molecule has 1 spiro atoms. The second-order valence-electron chi connectivity index (χ2n) is 4.66. The molecule has 0 unspecified atom stereocenters. The van der Waals surface area contributed by atoms with E-state index in [-0.39, 0.29) is 0 Å². The highest BCUT2D eigenvalue weighted by Gasteiger charge is 2.48. The van der Waals surface area contributed by atoms with Crippen molar-refractivity contribution in [1.29, 1.82) is 5.26 Å². The SMILES string of the molecule is N#CCc1cc(Cl)cc2c1OCCC21CC1. The van der Waals surface area contributed by atoms with Gasteiger partial charge in [0.2, 0.25) is 0 Å². The summed E-state index contributed by atoms with van der Waals surface area (Å²) in [4.78, 5) is 0. The van der Waals surface area contributed by atoms with Crippen molar-refractivity contribution in [1.82, 2.24) is 0 Å². The van der Waals surface area contributed by atoms with Gasteiger partial charge in [-0.2, -0.15) is 5.26 Å². The molecule has 0 N–H and O–H groups in total. The number of fused-ring (bicyclic) bond motifs is 2. The first-order valence-corrected chi connectivity index (χ1v) is 5.96. The van der Waals surface area contributed by atoms with E-state index < -0.39 is 0 Å². The normalized spacial score (nSPS) is 19.8. The molecule has 1 heterocycles. The fourth-order valence-electron chi connectivity index (χ4n) is 2.58. The number of halogens is 1. The summed E-state index contributed by atoms with van der Waals surface area (Å²) in [5.74, 6) is 0.926. The molecule has 1 aromatic rings. The summed E-state index contributed by atoms with van der Waals surface area (Å²) in [6, 6.07) is 6.04. The smallest absolute Gasteiger partial charge is 0.127 e. The van der Waals surface area contributed by atoms with Crippen LogP contribution >= 0.6 is 11.6 Å². The molecule has 0 saturated heterocycles. The zero-order valence-electron chi connectivity index (χ0n) is 8.92. The molecule has 1 aliphatic heterocycles. The molecule has 82 valence electrons. The van der Waals surface area contributed by atoms with Gasteiger partial charge in [0.25, 0.3) is 0 Å². The van der Waals surface area contributed by atoms with Crippen molar-refractivity contribution in [3.8, 4) is 11.8 Å². The Balaban J connectivity index is 2.16. The van der Waals surface area contributed by atoms with Crippen LogP contribution in [0.5, 0.6) is 5.75 Å². The van der Waals surface area contributed by atoms with Crippen LogP contribution in [0.1, 0.15) is 30.4 Å². The Labute approximate surface area is 99.8 Å². The number of ether oxygens (including phenoxy) is 1. The molecule has 0 amide bonds. The molecule has 0 bridgehead atoms. The molecule has 1 fully saturated rings. The Morgan fingerprint density at radius 1 is 1.38 bits per heavy atom. The van der Waals surface area contributed by atoms with Gasteiger partial charge < -0.3 is 4.74 Å². The van der Waals surface area contributed by atoms with Crippen LogP contribution in [0.25, 0.3) is 0 Å². The van der Waals surface area contributed by atoms with Crippen LogP contribution in [0.15, 0.2) is 12.1 Å². The lowest BCUT2D eigenvalue weighted by atomic mass is 9.88. The predicted octanol–water partition coefficient (Wildman–Crippen LogP) is 3.22. The zero-order valence-corrected chi connectivity index (χ0v) is 9.68. The lowest BCUT2D eigenvalue weighted by Gasteiger charge is -2.27. The van der Waals surface area contributed by atoms with Gasteiger partial charge in [-0.25, -0.2) is 0 Å². The van der Waals surface area contributed by atoms with Crippen molar-refractivity contribution in [2.75, 3.05) is 6.61 Å². The third-order valence-electron chi connectivity index (χ3n) is 3.65. The van der Waals surface area contributed by atoms with Gasteiger partial charge >= 0.3 is 0 Å². The van der Waals surface area contributed by atoms with Crippen molar-refractivity contribution >= 4 is 11.6 Å². The molecule has 0 radical (unpaired) electrons. The minimum atomic E-state index is 0.322. The summed E-state index contributed by atoms with van der Waals surface area (Å²) < 4.78 is 5.73. The van der Waals surface area contributed by atoms with Crippen LogP contribution < -0.4 is 4.74 Å². The Hall–Kier alpha value is -1.20. The van der Waals surface area contributed by atoms with Crippen LogP contribution in [0.2, 0.25) is 5.02 Å². The molecule has 3 heteroatoms. The summed E-state index contributed by atoms with van der Waals surface area (Å²) in [6.45, 7) is 0.771. The first kappa shape index (κ1) is 9.99. The number of hydrogen-bond donors (Lipinski definition) is 0. The van der Waals surface area contributed by atoms with E-state index in [2.05, 4.69) is 6.07 Å². The quantitative estimate of drug-likeness (QED) is 0.746. The molecular formula is C13H12ClNO. The summed E-state index contributed by atoms with van der Waals surface area (Å²) in [6.07, 6.45) is 3.93. The topological polar surface area (TPSA) is 33.0 Å². The second kappa shape index (κ2) is 3.40. The Morgan fingerprint density at radius 2 is 2.19 bits per heavy atom. The van der Waals surface area contributed by atoms with E-state index in [0.717, 1.165) is 29.4 Å². The van der Waals surface area contributed by atoms with Crippen molar-refractivity contribution in [2.45, 2.75) is 31.1 Å². The van der Waals surface area contributed by atoms with Gasteiger partial charge in [0.05, 0.1) is 19.1 Å². The molecule has 1 aromatic carbocycles. The van der Waals surface area contributed by atoms with E-state index in [0.29, 0.717) is 11.8 Å². The largest absolute Gasteiger partial charge is 0.493 e. The second-order valence-corrected chi connectivity index (χ2v) is 5.09. The number of nitrogens with zero attached hydrogens (tertiary/aromatic N) is 1. The maximum Gasteiger partial charge on any atom is 0.127 e. The highest BCUT2D eigenvalue weighted by Crippen LogP contribution is 2.57. The van der Waals surface area contributed by atoms with E-state index in [1.165, 1.54) is 18.4 Å².